The largest absolute Gasteiger partial charge is 0.490 e. The van der Waals surface area contributed by atoms with Crippen LogP contribution in [-0.4, -0.2) is 57.0 Å². The van der Waals surface area contributed by atoms with E-state index in [0.717, 1.165) is 11.3 Å². The van der Waals surface area contributed by atoms with Crippen molar-refractivity contribution in [1.29, 1.82) is 0 Å². The third-order valence-corrected chi connectivity index (χ3v) is 7.44. The molecular formula is C31H35N3O7S. The number of anilines is 1. The Bertz CT molecular complexity index is 1670. The Morgan fingerprint density at radius 1 is 0.976 bits per heavy atom. The molecule has 0 saturated carbocycles. The zero-order valence-electron chi connectivity index (χ0n) is 24.6. The molecule has 0 spiro atoms. The van der Waals surface area contributed by atoms with Crippen molar-refractivity contribution in [2.45, 2.75) is 33.7 Å². The number of aromatic nitrogens is 1. The Morgan fingerprint density at radius 2 is 1.69 bits per heavy atom. The van der Waals surface area contributed by atoms with Gasteiger partial charge in [-0.1, -0.05) is 29.5 Å². The van der Waals surface area contributed by atoms with Crippen LogP contribution >= 0.6 is 11.3 Å². The van der Waals surface area contributed by atoms with E-state index < -0.39 is 18.0 Å². The maximum Gasteiger partial charge on any atom is 0.344 e. The van der Waals surface area contributed by atoms with E-state index in [1.54, 1.807) is 49.6 Å². The number of hydrogen-bond acceptors (Lipinski definition) is 10. The summed E-state index contributed by atoms with van der Waals surface area (Å²) in [5.74, 6) is -0.162. The third-order valence-electron chi connectivity index (χ3n) is 6.46. The van der Waals surface area contributed by atoms with Gasteiger partial charge in [-0.25, -0.2) is 14.6 Å². The van der Waals surface area contributed by atoms with E-state index in [1.807, 2.05) is 50.2 Å². The summed E-state index contributed by atoms with van der Waals surface area (Å²) < 4.78 is 23.6. The number of benzene rings is 2. The number of thiazole rings is 1. The predicted octanol–water partition coefficient (Wildman–Crippen LogP) is 3.20. The first-order valence-electron chi connectivity index (χ1n) is 13.7. The zero-order chi connectivity index (χ0) is 30.4. The van der Waals surface area contributed by atoms with Crippen molar-refractivity contribution in [2.75, 3.05) is 45.4 Å². The second kappa shape index (κ2) is 13.5. The van der Waals surface area contributed by atoms with Crippen molar-refractivity contribution in [2.24, 2.45) is 4.99 Å². The van der Waals surface area contributed by atoms with Crippen LogP contribution in [0.15, 0.2) is 63.5 Å². The molecule has 2 aromatic carbocycles. The smallest absolute Gasteiger partial charge is 0.344 e. The lowest BCUT2D eigenvalue weighted by Crippen LogP contribution is -2.39. The molecule has 222 valence electrons. The highest BCUT2D eigenvalue weighted by molar-refractivity contribution is 7.07. The second-order valence-electron chi connectivity index (χ2n) is 9.52. The SMILES string of the molecule is CCOC(=O)COc1ccc(/C=c2\sc3n(c2=O)[C@H](c2ccc(N(C)C)cc2)C(C(=O)OCC)=C(C)N=3)cc1OCC. The average Bonchev–Trinajstić information content (AvgIpc) is 3.26. The van der Waals surface area contributed by atoms with Crippen molar-refractivity contribution >= 4 is 35.0 Å². The average molecular weight is 594 g/mol. The quantitative estimate of drug-likeness (QED) is 0.312. The molecule has 1 aliphatic heterocycles. The third kappa shape index (κ3) is 6.57. The van der Waals surface area contributed by atoms with Gasteiger partial charge in [0.2, 0.25) is 0 Å². The summed E-state index contributed by atoms with van der Waals surface area (Å²) in [7, 11) is 3.89. The van der Waals surface area contributed by atoms with E-state index in [0.29, 0.717) is 44.3 Å². The molecule has 0 unspecified atom stereocenters. The van der Waals surface area contributed by atoms with Crippen molar-refractivity contribution < 1.29 is 28.5 Å². The lowest BCUT2D eigenvalue weighted by molar-refractivity contribution is -0.145. The van der Waals surface area contributed by atoms with Gasteiger partial charge in [0.1, 0.15) is 0 Å². The van der Waals surface area contributed by atoms with Gasteiger partial charge in [0.25, 0.3) is 5.56 Å². The summed E-state index contributed by atoms with van der Waals surface area (Å²) in [6, 6.07) is 12.2. The monoisotopic (exact) mass is 593 g/mol. The van der Waals surface area contributed by atoms with Gasteiger partial charge in [0.05, 0.1) is 41.7 Å². The van der Waals surface area contributed by atoms with Crippen LogP contribution in [0.2, 0.25) is 0 Å². The minimum atomic E-state index is -0.698. The van der Waals surface area contributed by atoms with Gasteiger partial charge in [-0.2, -0.15) is 0 Å². The zero-order valence-corrected chi connectivity index (χ0v) is 25.4. The highest BCUT2D eigenvalue weighted by Gasteiger charge is 2.33. The minimum absolute atomic E-state index is 0.202. The first kappa shape index (κ1) is 30.6. The second-order valence-corrected chi connectivity index (χ2v) is 10.5. The van der Waals surface area contributed by atoms with E-state index in [9.17, 15) is 14.4 Å². The van der Waals surface area contributed by atoms with Crippen molar-refractivity contribution in [1.82, 2.24) is 4.57 Å². The van der Waals surface area contributed by atoms with E-state index in [1.165, 1.54) is 11.3 Å². The Balaban J connectivity index is 1.80. The molecule has 0 radical (unpaired) electrons. The molecule has 0 saturated heterocycles. The highest BCUT2D eigenvalue weighted by Crippen LogP contribution is 2.32. The Labute approximate surface area is 248 Å². The molecule has 0 N–H and O–H groups in total. The molecule has 42 heavy (non-hydrogen) atoms. The van der Waals surface area contributed by atoms with Gasteiger partial charge in [-0.05, 0) is 69.2 Å². The van der Waals surface area contributed by atoms with E-state index in [2.05, 4.69) is 4.99 Å². The van der Waals surface area contributed by atoms with Crippen LogP contribution in [0.5, 0.6) is 11.5 Å². The van der Waals surface area contributed by atoms with Crippen LogP contribution in [0.1, 0.15) is 44.9 Å². The standard InChI is InChI=1S/C31H35N3O7S/c1-7-38-24-16-20(10-15-23(24)41-18-26(35)39-8-2)17-25-29(36)34-28(21-11-13-22(14-12-21)33(5)6)27(30(37)40-9-3)19(4)32-31(34)42-25/h10-17,28H,7-9,18H2,1-6H3/b25-17-/t28-/m1/s1. The molecule has 0 fully saturated rings. The lowest BCUT2D eigenvalue weighted by Gasteiger charge is -2.25. The van der Waals surface area contributed by atoms with Crippen LogP contribution < -0.4 is 29.3 Å². The first-order chi connectivity index (χ1) is 20.2. The molecule has 4 rings (SSSR count). The number of rotatable bonds is 11. The number of allylic oxidation sites excluding steroid dienone is 1. The van der Waals surface area contributed by atoms with Crippen LogP contribution in [0, 0.1) is 0 Å². The summed E-state index contributed by atoms with van der Waals surface area (Å²) in [5, 5.41) is 0. The maximum absolute atomic E-state index is 13.9. The fourth-order valence-electron chi connectivity index (χ4n) is 4.55. The number of ether oxygens (including phenoxy) is 4. The minimum Gasteiger partial charge on any atom is -0.490 e. The van der Waals surface area contributed by atoms with Gasteiger partial charge in [0.15, 0.2) is 22.9 Å². The van der Waals surface area contributed by atoms with Gasteiger partial charge >= 0.3 is 11.9 Å². The fraction of sp³-hybridized carbons (Fsp3) is 0.355. The van der Waals surface area contributed by atoms with Gasteiger partial charge in [0, 0.05) is 19.8 Å². The first-order valence-corrected chi connectivity index (χ1v) is 14.5. The molecule has 11 heteroatoms. The summed E-state index contributed by atoms with van der Waals surface area (Å²) in [6.45, 7) is 7.67. The lowest BCUT2D eigenvalue weighted by atomic mass is 9.95. The van der Waals surface area contributed by atoms with Crippen molar-refractivity contribution in [3.8, 4) is 11.5 Å². The summed E-state index contributed by atoms with van der Waals surface area (Å²) in [4.78, 5) is 45.9. The van der Waals surface area contributed by atoms with E-state index in [4.69, 9.17) is 18.9 Å². The van der Waals surface area contributed by atoms with Crippen LogP contribution in [0.4, 0.5) is 5.69 Å². The highest BCUT2D eigenvalue weighted by atomic mass is 32.1. The number of carbonyl (C=O) groups is 2. The normalized spacial score (nSPS) is 14.6. The molecular weight excluding hydrogens is 558 g/mol. The van der Waals surface area contributed by atoms with Crippen molar-refractivity contribution in [3.05, 3.63) is 84.5 Å². The maximum atomic E-state index is 13.9. The number of nitrogens with zero attached hydrogens (tertiary/aromatic N) is 3. The van der Waals surface area contributed by atoms with Crippen LogP contribution in [-0.2, 0) is 19.1 Å². The van der Waals surface area contributed by atoms with Crippen molar-refractivity contribution in [3.63, 3.8) is 0 Å². The van der Waals surface area contributed by atoms with Gasteiger partial charge in [-0.15, -0.1) is 0 Å². The molecule has 1 aliphatic rings. The molecule has 10 nitrogen and oxygen atoms in total. The number of esters is 2. The Morgan fingerprint density at radius 3 is 2.33 bits per heavy atom. The van der Waals surface area contributed by atoms with Gasteiger partial charge in [-0.3, -0.25) is 9.36 Å². The van der Waals surface area contributed by atoms with E-state index >= 15 is 0 Å². The number of hydrogen-bond donors (Lipinski definition) is 0. The topological polar surface area (TPSA) is 109 Å². The molecule has 1 aromatic heterocycles. The molecule has 1 atom stereocenters. The van der Waals surface area contributed by atoms with Crippen LogP contribution in [0.3, 0.4) is 0 Å². The number of fused-ring (bicyclic) bond motifs is 1. The molecule has 0 aliphatic carbocycles. The Kier molecular flexibility index (Phi) is 9.84. The summed E-state index contributed by atoms with van der Waals surface area (Å²) in [6.07, 6.45) is 1.75. The number of carbonyl (C=O) groups excluding carboxylic acids is 2. The molecule has 3 aromatic rings. The molecule has 2 heterocycles. The summed E-state index contributed by atoms with van der Waals surface area (Å²) >= 11 is 1.24. The fourth-order valence-corrected chi connectivity index (χ4v) is 5.60. The van der Waals surface area contributed by atoms with Gasteiger partial charge < -0.3 is 23.8 Å². The van der Waals surface area contributed by atoms with E-state index in [-0.39, 0.29) is 25.4 Å². The predicted molar refractivity (Wildman–Crippen MR) is 161 cm³/mol. The Hall–Kier alpha value is -4.38. The summed E-state index contributed by atoms with van der Waals surface area (Å²) in [5.41, 5.74) is 3.01. The van der Waals surface area contributed by atoms with Crippen LogP contribution in [0.25, 0.3) is 6.08 Å². The molecule has 0 amide bonds. The molecule has 0 bridgehead atoms.